The first kappa shape index (κ1) is 12.0. The molecule has 1 saturated heterocycles. The molecule has 2 heteroatoms. The summed E-state index contributed by atoms with van der Waals surface area (Å²) in [7, 11) is 0. The summed E-state index contributed by atoms with van der Waals surface area (Å²) in [6.45, 7) is 12.7. The van der Waals surface area contributed by atoms with Crippen LogP contribution >= 0.6 is 0 Å². The first-order valence-electron chi connectivity index (χ1n) is 5.99. The summed E-state index contributed by atoms with van der Waals surface area (Å²) < 4.78 is 0. The highest BCUT2D eigenvalue weighted by Gasteiger charge is 2.23. The first-order valence-corrected chi connectivity index (χ1v) is 5.99. The molecule has 0 radical (unpaired) electrons. The largest absolute Gasteiger partial charge is 0.315 e. The number of hydrogen-bond acceptors (Lipinski definition) is 2. The van der Waals surface area contributed by atoms with Crippen LogP contribution in [0.1, 0.15) is 40.5 Å². The third-order valence-corrected chi connectivity index (χ3v) is 3.62. The average Bonchev–Trinajstić information content (AvgIpc) is 2.52. The molecule has 2 unspecified atom stereocenters. The van der Waals surface area contributed by atoms with Crippen LogP contribution in [0.5, 0.6) is 0 Å². The van der Waals surface area contributed by atoms with Gasteiger partial charge in [-0.25, -0.2) is 0 Å². The summed E-state index contributed by atoms with van der Waals surface area (Å²) in [6, 6.07) is 0.697. The minimum absolute atomic E-state index is 0.446. The summed E-state index contributed by atoms with van der Waals surface area (Å²) in [5.41, 5.74) is 0.446. The standard InChI is InChI=1S/C12H26N2/c1-5-12(3,4)9-13-8-11-10(2)6-7-14-11/h10-11,13-14H,5-9H2,1-4H3. The monoisotopic (exact) mass is 198 g/mol. The molecule has 1 fully saturated rings. The van der Waals surface area contributed by atoms with Crippen LogP contribution in [0, 0.1) is 11.3 Å². The highest BCUT2D eigenvalue weighted by atomic mass is 15.0. The molecule has 0 aromatic carbocycles. The van der Waals surface area contributed by atoms with Crippen LogP contribution in [0.3, 0.4) is 0 Å². The molecule has 84 valence electrons. The predicted octanol–water partition coefficient (Wildman–Crippen LogP) is 2.01. The maximum atomic E-state index is 3.59. The molecule has 0 amide bonds. The molecule has 0 saturated carbocycles. The van der Waals surface area contributed by atoms with Crippen LogP contribution in [0.2, 0.25) is 0 Å². The molecule has 0 bridgehead atoms. The van der Waals surface area contributed by atoms with Gasteiger partial charge < -0.3 is 10.6 Å². The van der Waals surface area contributed by atoms with Crippen LogP contribution in [0.15, 0.2) is 0 Å². The molecule has 14 heavy (non-hydrogen) atoms. The fourth-order valence-electron chi connectivity index (χ4n) is 1.86. The Kier molecular flexibility index (Phi) is 4.39. The molecule has 1 aliphatic rings. The lowest BCUT2D eigenvalue weighted by Crippen LogP contribution is -2.40. The van der Waals surface area contributed by atoms with Gasteiger partial charge in [0.05, 0.1) is 0 Å². The van der Waals surface area contributed by atoms with Gasteiger partial charge in [0, 0.05) is 19.1 Å². The van der Waals surface area contributed by atoms with Crippen molar-refractivity contribution >= 4 is 0 Å². The van der Waals surface area contributed by atoms with Crippen LogP contribution in [-0.2, 0) is 0 Å². The molecule has 0 aromatic heterocycles. The lowest BCUT2D eigenvalue weighted by Gasteiger charge is -2.25. The van der Waals surface area contributed by atoms with Crippen molar-refractivity contribution < 1.29 is 0 Å². The van der Waals surface area contributed by atoms with Gasteiger partial charge in [-0.1, -0.05) is 27.7 Å². The summed E-state index contributed by atoms with van der Waals surface area (Å²) in [4.78, 5) is 0. The van der Waals surface area contributed by atoms with E-state index in [1.54, 1.807) is 0 Å². The van der Waals surface area contributed by atoms with Crippen molar-refractivity contribution in [3.8, 4) is 0 Å². The summed E-state index contributed by atoms with van der Waals surface area (Å²) in [5.74, 6) is 0.840. The third kappa shape index (κ3) is 3.58. The SMILES string of the molecule is CCC(C)(C)CNCC1NCCC1C. The lowest BCUT2D eigenvalue weighted by molar-refractivity contribution is 0.315. The Hall–Kier alpha value is -0.0800. The van der Waals surface area contributed by atoms with Gasteiger partial charge in [-0.05, 0) is 30.7 Å². The molecular weight excluding hydrogens is 172 g/mol. The van der Waals surface area contributed by atoms with Crippen molar-refractivity contribution in [2.45, 2.75) is 46.6 Å². The minimum Gasteiger partial charge on any atom is -0.315 e. The Balaban J connectivity index is 2.15. The zero-order chi connectivity index (χ0) is 10.6. The molecule has 2 nitrogen and oxygen atoms in total. The van der Waals surface area contributed by atoms with Gasteiger partial charge >= 0.3 is 0 Å². The smallest absolute Gasteiger partial charge is 0.0218 e. The number of hydrogen-bond donors (Lipinski definition) is 2. The van der Waals surface area contributed by atoms with Gasteiger partial charge in [0.1, 0.15) is 0 Å². The van der Waals surface area contributed by atoms with Gasteiger partial charge in [0.15, 0.2) is 0 Å². The van der Waals surface area contributed by atoms with Gasteiger partial charge in [0.25, 0.3) is 0 Å². The van der Waals surface area contributed by atoms with Crippen LogP contribution in [0.4, 0.5) is 0 Å². The Morgan fingerprint density at radius 1 is 1.43 bits per heavy atom. The van der Waals surface area contributed by atoms with Crippen molar-refractivity contribution in [1.29, 1.82) is 0 Å². The van der Waals surface area contributed by atoms with E-state index in [1.165, 1.54) is 19.4 Å². The molecule has 0 aliphatic carbocycles. The fraction of sp³-hybridized carbons (Fsp3) is 1.00. The van der Waals surface area contributed by atoms with Crippen LogP contribution in [0.25, 0.3) is 0 Å². The first-order chi connectivity index (χ1) is 6.55. The Bertz CT molecular complexity index is 166. The predicted molar refractivity (Wildman–Crippen MR) is 62.5 cm³/mol. The van der Waals surface area contributed by atoms with E-state index in [2.05, 4.69) is 38.3 Å². The molecule has 1 aliphatic heterocycles. The van der Waals surface area contributed by atoms with E-state index >= 15 is 0 Å². The zero-order valence-corrected chi connectivity index (χ0v) is 10.2. The van der Waals surface area contributed by atoms with E-state index < -0.39 is 0 Å². The van der Waals surface area contributed by atoms with E-state index in [0.29, 0.717) is 11.5 Å². The Labute approximate surface area is 88.8 Å². The maximum Gasteiger partial charge on any atom is 0.0218 e. The van der Waals surface area contributed by atoms with Crippen LogP contribution < -0.4 is 10.6 Å². The lowest BCUT2D eigenvalue weighted by atomic mass is 9.90. The third-order valence-electron chi connectivity index (χ3n) is 3.62. The van der Waals surface area contributed by atoms with Crippen molar-refractivity contribution in [1.82, 2.24) is 10.6 Å². The van der Waals surface area contributed by atoms with E-state index in [9.17, 15) is 0 Å². The van der Waals surface area contributed by atoms with E-state index in [0.717, 1.165) is 19.0 Å². The number of rotatable bonds is 5. The maximum absolute atomic E-state index is 3.59. The summed E-state index contributed by atoms with van der Waals surface area (Å²) >= 11 is 0. The molecule has 2 atom stereocenters. The Morgan fingerprint density at radius 3 is 2.64 bits per heavy atom. The van der Waals surface area contributed by atoms with Gasteiger partial charge in [0.2, 0.25) is 0 Å². The second-order valence-electron chi connectivity index (χ2n) is 5.48. The number of nitrogens with one attached hydrogen (secondary N) is 2. The second kappa shape index (κ2) is 5.13. The van der Waals surface area contributed by atoms with Gasteiger partial charge in [-0.15, -0.1) is 0 Å². The fourth-order valence-corrected chi connectivity index (χ4v) is 1.86. The minimum atomic E-state index is 0.446. The normalized spacial score (nSPS) is 28.3. The molecular formula is C12H26N2. The van der Waals surface area contributed by atoms with Crippen LogP contribution in [-0.4, -0.2) is 25.7 Å². The topological polar surface area (TPSA) is 24.1 Å². The van der Waals surface area contributed by atoms with E-state index in [-0.39, 0.29) is 0 Å². The van der Waals surface area contributed by atoms with Crippen molar-refractivity contribution in [2.75, 3.05) is 19.6 Å². The molecule has 2 N–H and O–H groups in total. The highest BCUT2D eigenvalue weighted by Crippen LogP contribution is 2.18. The molecule has 1 heterocycles. The average molecular weight is 198 g/mol. The van der Waals surface area contributed by atoms with E-state index in [4.69, 9.17) is 0 Å². The molecule has 0 aromatic rings. The van der Waals surface area contributed by atoms with Crippen molar-refractivity contribution in [2.24, 2.45) is 11.3 Å². The summed E-state index contributed by atoms with van der Waals surface area (Å²) in [6.07, 6.45) is 2.58. The summed E-state index contributed by atoms with van der Waals surface area (Å²) in [5, 5.41) is 7.13. The van der Waals surface area contributed by atoms with Gasteiger partial charge in [-0.2, -0.15) is 0 Å². The molecule has 0 spiro atoms. The van der Waals surface area contributed by atoms with Gasteiger partial charge in [-0.3, -0.25) is 0 Å². The zero-order valence-electron chi connectivity index (χ0n) is 10.2. The van der Waals surface area contributed by atoms with E-state index in [1.807, 2.05) is 0 Å². The molecule has 1 rings (SSSR count). The highest BCUT2D eigenvalue weighted by molar-refractivity contribution is 4.83. The van der Waals surface area contributed by atoms with Crippen molar-refractivity contribution in [3.05, 3.63) is 0 Å². The Morgan fingerprint density at radius 2 is 2.14 bits per heavy atom. The van der Waals surface area contributed by atoms with Crippen molar-refractivity contribution in [3.63, 3.8) is 0 Å². The quantitative estimate of drug-likeness (QED) is 0.706. The second-order valence-corrected chi connectivity index (χ2v) is 5.48.